The molecule has 19 heavy (non-hydrogen) atoms. The summed E-state index contributed by atoms with van der Waals surface area (Å²) in [6.07, 6.45) is 0.984. The summed E-state index contributed by atoms with van der Waals surface area (Å²) in [5.74, 6) is 0.546. The van der Waals surface area contributed by atoms with Crippen LogP contribution in [0.25, 0.3) is 0 Å². The minimum atomic E-state index is -3.72. The third kappa shape index (κ3) is 5.08. The minimum Gasteiger partial charge on any atom is -0.493 e. The summed E-state index contributed by atoms with van der Waals surface area (Å²) < 4.78 is 27.8. The number of hydrogen-bond acceptors (Lipinski definition) is 4. The van der Waals surface area contributed by atoms with Crippen molar-refractivity contribution < 1.29 is 17.9 Å². The molecule has 0 atom stereocenters. The molecule has 0 heterocycles. The second-order valence-electron chi connectivity index (χ2n) is 3.99. The van der Waals surface area contributed by atoms with Gasteiger partial charge in [-0.25, -0.2) is 8.42 Å². The number of ether oxygens (including phenoxy) is 1. The fraction of sp³-hybridized carbons (Fsp3) is 0.417. The Hall–Kier alpha value is -1.27. The zero-order chi connectivity index (χ0) is 14.5. The maximum Gasteiger partial charge on any atom is 0.261 e. The van der Waals surface area contributed by atoms with Crippen LogP contribution in [0.15, 0.2) is 23.1 Å². The Morgan fingerprint density at radius 1 is 1.42 bits per heavy atom. The van der Waals surface area contributed by atoms with Crippen LogP contribution in [0.2, 0.25) is 0 Å². The highest BCUT2D eigenvalue weighted by atomic mass is 35.7. The largest absolute Gasteiger partial charge is 0.493 e. The lowest BCUT2D eigenvalue weighted by atomic mass is 10.2. The Bertz CT molecular complexity index is 557. The van der Waals surface area contributed by atoms with E-state index in [-0.39, 0.29) is 10.8 Å². The summed E-state index contributed by atoms with van der Waals surface area (Å²) in [6, 6.07) is 4.41. The predicted octanol–water partition coefficient (Wildman–Crippen LogP) is 1.83. The lowest BCUT2D eigenvalue weighted by Gasteiger charge is -2.09. The molecule has 1 N–H and O–H groups in total. The van der Waals surface area contributed by atoms with Crippen LogP contribution in [-0.4, -0.2) is 28.0 Å². The van der Waals surface area contributed by atoms with Crippen LogP contribution in [0.1, 0.15) is 18.4 Å². The van der Waals surface area contributed by atoms with Gasteiger partial charge >= 0.3 is 0 Å². The first-order valence-corrected chi connectivity index (χ1v) is 8.04. The van der Waals surface area contributed by atoms with Gasteiger partial charge in [0.1, 0.15) is 5.75 Å². The van der Waals surface area contributed by atoms with E-state index in [1.807, 2.05) is 0 Å². The third-order valence-electron chi connectivity index (χ3n) is 2.51. The van der Waals surface area contributed by atoms with Crippen molar-refractivity contribution in [1.82, 2.24) is 5.32 Å². The van der Waals surface area contributed by atoms with Gasteiger partial charge in [-0.05, 0) is 37.1 Å². The number of aryl methyl sites for hydroxylation is 1. The first kappa shape index (κ1) is 15.8. The van der Waals surface area contributed by atoms with E-state index >= 15 is 0 Å². The smallest absolute Gasteiger partial charge is 0.261 e. The molecule has 5 nitrogen and oxygen atoms in total. The van der Waals surface area contributed by atoms with Gasteiger partial charge in [-0.3, -0.25) is 4.79 Å². The van der Waals surface area contributed by atoms with Crippen LogP contribution in [0, 0.1) is 6.92 Å². The number of carbonyl (C=O) groups is 1. The highest BCUT2D eigenvalue weighted by Crippen LogP contribution is 2.23. The summed E-state index contributed by atoms with van der Waals surface area (Å²) in [6.45, 7) is 2.13. The molecule has 1 amide bonds. The van der Waals surface area contributed by atoms with Crippen LogP contribution >= 0.6 is 10.7 Å². The molecule has 0 unspecified atom stereocenters. The zero-order valence-corrected chi connectivity index (χ0v) is 12.3. The molecule has 0 aliphatic heterocycles. The summed E-state index contributed by atoms with van der Waals surface area (Å²) in [4.78, 5) is 11.0. The van der Waals surface area contributed by atoms with Crippen molar-refractivity contribution in [2.75, 3.05) is 13.7 Å². The van der Waals surface area contributed by atoms with Crippen molar-refractivity contribution in [1.29, 1.82) is 0 Å². The van der Waals surface area contributed by atoms with Crippen LogP contribution in [-0.2, 0) is 13.8 Å². The van der Waals surface area contributed by atoms with E-state index in [1.165, 1.54) is 12.1 Å². The van der Waals surface area contributed by atoms with Crippen molar-refractivity contribution in [2.24, 2.45) is 0 Å². The average Bonchev–Trinajstić information content (AvgIpc) is 2.34. The maximum absolute atomic E-state index is 11.1. The molecular formula is C12H16ClNO4S. The molecular weight excluding hydrogens is 290 g/mol. The molecule has 1 aromatic rings. The van der Waals surface area contributed by atoms with E-state index in [0.717, 1.165) is 0 Å². The number of hydrogen-bond donors (Lipinski definition) is 1. The molecule has 0 aliphatic rings. The third-order valence-corrected chi connectivity index (χ3v) is 3.86. The molecule has 1 rings (SSSR count). The molecule has 0 aromatic heterocycles. The molecule has 1 aromatic carbocycles. The zero-order valence-electron chi connectivity index (χ0n) is 10.8. The highest BCUT2D eigenvalue weighted by Gasteiger charge is 2.11. The van der Waals surface area contributed by atoms with Crippen molar-refractivity contribution in [3.05, 3.63) is 23.8 Å². The molecule has 0 radical (unpaired) electrons. The number of halogens is 1. The number of nitrogens with one attached hydrogen (secondary N) is 1. The Kier molecular flexibility index (Phi) is 5.62. The molecule has 0 bridgehead atoms. The Morgan fingerprint density at radius 2 is 2.11 bits per heavy atom. The second-order valence-corrected chi connectivity index (χ2v) is 6.56. The summed E-state index contributed by atoms with van der Waals surface area (Å²) in [5.41, 5.74) is 0.682. The summed E-state index contributed by atoms with van der Waals surface area (Å²) in [7, 11) is 3.11. The van der Waals surface area contributed by atoms with E-state index < -0.39 is 9.05 Å². The number of carbonyl (C=O) groups excluding carboxylic acids is 1. The predicted molar refractivity (Wildman–Crippen MR) is 73.0 cm³/mol. The second kappa shape index (κ2) is 6.77. The number of rotatable bonds is 6. The lowest BCUT2D eigenvalue weighted by molar-refractivity contribution is -0.120. The van der Waals surface area contributed by atoms with Gasteiger partial charge in [0.25, 0.3) is 9.05 Å². The molecule has 0 fully saturated rings. The van der Waals surface area contributed by atoms with Gasteiger partial charge in [0.05, 0.1) is 11.5 Å². The Morgan fingerprint density at radius 3 is 2.63 bits per heavy atom. The maximum atomic E-state index is 11.1. The monoisotopic (exact) mass is 305 g/mol. The van der Waals surface area contributed by atoms with Gasteiger partial charge in [0, 0.05) is 24.2 Å². The van der Waals surface area contributed by atoms with Crippen molar-refractivity contribution in [2.45, 2.75) is 24.7 Å². The fourth-order valence-corrected chi connectivity index (χ4v) is 2.31. The molecule has 0 spiro atoms. The van der Waals surface area contributed by atoms with Crippen molar-refractivity contribution in [3.63, 3.8) is 0 Å². The standard InChI is InChI=1S/C12H16ClNO4S/c1-9-8-10(19(13,16)17)5-6-11(9)18-7-3-4-12(15)14-2/h5-6,8H,3-4,7H2,1-2H3,(H,14,15). The fourth-order valence-electron chi connectivity index (χ4n) is 1.48. The average molecular weight is 306 g/mol. The van der Waals surface area contributed by atoms with Gasteiger partial charge in [-0.1, -0.05) is 0 Å². The van der Waals surface area contributed by atoms with Crippen LogP contribution in [0.5, 0.6) is 5.75 Å². The topological polar surface area (TPSA) is 72.5 Å². The van der Waals surface area contributed by atoms with E-state index in [9.17, 15) is 13.2 Å². The minimum absolute atomic E-state index is 0.0381. The first-order valence-electron chi connectivity index (χ1n) is 5.73. The van der Waals surface area contributed by atoms with E-state index in [2.05, 4.69) is 5.32 Å². The van der Waals surface area contributed by atoms with E-state index in [1.54, 1.807) is 20.0 Å². The molecule has 0 saturated heterocycles. The first-order chi connectivity index (χ1) is 8.84. The van der Waals surface area contributed by atoms with Gasteiger partial charge in [-0.15, -0.1) is 0 Å². The Balaban J connectivity index is 2.59. The van der Waals surface area contributed by atoms with Gasteiger partial charge in [0.15, 0.2) is 0 Å². The SMILES string of the molecule is CNC(=O)CCCOc1ccc(S(=O)(=O)Cl)cc1C. The van der Waals surface area contributed by atoms with Gasteiger partial charge in [0.2, 0.25) is 5.91 Å². The van der Waals surface area contributed by atoms with Crippen molar-refractivity contribution >= 4 is 25.6 Å². The summed E-state index contributed by atoms with van der Waals surface area (Å²) in [5, 5.41) is 2.52. The normalized spacial score (nSPS) is 11.1. The van der Waals surface area contributed by atoms with Gasteiger partial charge < -0.3 is 10.1 Å². The van der Waals surface area contributed by atoms with Crippen LogP contribution in [0.4, 0.5) is 0 Å². The van der Waals surface area contributed by atoms with Crippen LogP contribution in [0.3, 0.4) is 0 Å². The highest BCUT2D eigenvalue weighted by molar-refractivity contribution is 8.13. The number of benzene rings is 1. The molecule has 7 heteroatoms. The lowest BCUT2D eigenvalue weighted by Crippen LogP contribution is -2.18. The van der Waals surface area contributed by atoms with E-state index in [4.69, 9.17) is 15.4 Å². The van der Waals surface area contributed by atoms with Crippen LogP contribution < -0.4 is 10.1 Å². The molecule has 106 valence electrons. The quantitative estimate of drug-likeness (QED) is 0.643. The molecule has 0 saturated carbocycles. The van der Waals surface area contributed by atoms with E-state index in [0.29, 0.717) is 30.8 Å². The number of amides is 1. The Labute approximate surface area is 117 Å². The van der Waals surface area contributed by atoms with Gasteiger partial charge in [-0.2, -0.15) is 0 Å². The summed E-state index contributed by atoms with van der Waals surface area (Å²) >= 11 is 0. The molecule has 0 aliphatic carbocycles. The van der Waals surface area contributed by atoms with Crippen molar-refractivity contribution in [3.8, 4) is 5.75 Å².